The molecule has 86 valence electrons. The number of aromatic nitrogens is 1. The van der Waals surface area contributed by atoms with E-state index in [9.17, 15) is 4.79 Å². The van der Waals surface area contributed by atoms with E-state index in [0.717, 1.165) is 30.7 Å². The van der Waals surface area contributed by atoms with E-state index < -0.39 is 0 Å². The first-order valence-electron chi connectivity index (χ1n) is 5.65. The fourth-order valence-corrected chi connectivity index (χ4v) is 2.48. The SMILES string of the molecule is COC(=O)C1CCc2cc(C)nc(C)c2C1. The Morgan fingerprint density at radius 1 is 1.50 bits per heavy atom. The first-order chi connectivity index (χ1) is 7.61. The zero-order valence-electron chi connectivity index (χ0n) is 10.0. The molecular formula is C13H17NO2. The molecule has 1 aliphatic rings. The van der Waals surface area contributed by atoms with Gasteiger partial charge >= 0.3 is 5.97 Å². The summed E-state index contributed by atoms with van der Waals surface area (Å²) in [6.45, 7) is 4.03. The number of pyridine rings is 1. The van der Waals surface area contributed by atoms with Gasteiger partial charge in [-0.15, -0.1) is 0 Å². The molecule has 2 rings (SSSR count). The summed E-state index contributed by atoms with van der Waals surface area (Å²) in [6, 6.07) is 2.13. The van der Waals surface area contributed by atoms with Crippen molar-refractivity contribution in [1.82, 2.24) is 4.98 Å². The number of nitrogens with zero attached hydrogens (tertiary/aromatic N) is 1. The predicted octanol–water partition coefficient (Wildman–Crippen LogP) is 1.98. The van der Waals surface area contributed by atoms with Crippen LogP contribution in [-0.4, -0.2) is 18.1 Å². The Balaban J connectivity index is 2.30. The fraction of sp³-hybridized carbons (Fsp3) is 0.538. The van der Waals surface area contributed by atoms with Gasteiger partial charge in [0.25, 0.3) is 0 Å². The smallest absolute Gasteiger partial charge is 0.309 e. The zero-order valence-corrected chi connectivity index (χ0v) is 10.0. The van der Waals surface area contributed by atoms with E-state index in [2.05, 4.69) is 11.1 Å². The molecule has 0 bridgehead atoms. The largest absolute Gasteiger partial charge is 0.469 e. The van der Waals surface area contributed by atoms with Crippen LogP contribution in [0.1, 0.15) is 28.9 Å². The summed E-state index contributed by atoms with van der Waals surface area (Å²) < 4.78 is 4.81. The molecule has 0 aromatic carbocycles. The van der Waals surface area contributed by atoms with Crippen LogP contribution >= 0.6 is 0 Å². The summed E-state index contributed by atoms with van der Waals surface area (Å²) in [7, 11) is 1.46. The molecule has 0 amide bonds. The molecule has 3 heteroatoms. The van der Waals surface area contributed by atoms with Gasteiger partial charge in [0.05, 0.1) is 13.0 Å². The Bertz CT molecular complexity index is 426. The molecule has 0 saturated heterocycles. The Morgan fingerprint density at radius 2 is 2.25 bits per heavy atom. The molecule has 1 atom stereocenters. The summed E-state index contributed by atoms with van der Waals surface area (Å²) in [5.41, 5.74) is 4.72. The lowest BCUT2D eigenvalue weighted by molar-refractivity contribution is -0.145. The zero-order chi connectivity index (χ0) is 11.7. The Labute approximate surface area is 95.8 Å². The van der Waals surface area contributed by atoms with E-state index >= 15 is 0 Å². The van der Waals surface area contributed by atoms with E-state index in [1.807, 2.05) is 13.8 Å². The van der Waals surface area contributed by atoms with E-state index in [-0.39, 0.29) is 11.9 Å². The quantitative estimate of drug-likeness (QED) is 0.678. The molecule has 0 N–H and O–H groups in total. The number of fused-ring (bicyclic) bond motifs is 1. The third kappa shape index (κ3) is 1.94. The Morgan fingerprint density at radius 3 is 2.94 bits per heavy atom. The van der Waals surface area contributed by atoms with E-state index in [0.29, 0.717) is 0 Å². The van der Waals surface area contributed by atoms with E-state index in [4.69, 9.17) is 4.74 Å². The second-order valence-electron chi connectivity index (χ2n) is 4.45. The van der Waals surface area contributed by atoms with Gasteiger partial charge in [0.15, 0.2) is 0 Å². The normalized spacial score (nSPS) is 19.1. The molecule has 1 heterocycles. The van der Waals surface area contributed by atoms with Crippen molar-refractivity contribution in [3.63, 3.8) is 0 Å². The molecule has 0 radical (unpaired) electrons. The summed E-state index contributed by atoms with van der Waals surface area (Å²) in [4.78, 5) is 16.0. The van der Waals surface area contributed by atoms with Gasteiger partial charge in [-0.05, 0) is 50.3 Å². The van der Waals surface area contributed by atoms with Crippen molar-refractivity contribution in [3.05, 3.63) is 28.6 Å². The van der Waals surface area contributed by atoms with Gasteiger partial charge in [-0.3, -0.25) is 9.78 Å². The highest BCUT2D eigenvalue weighted by Gasteiger charge is 2.26. The van der Waals surface area contributed by atoms with Crippen LogP contribution in [0.4, 0.5) is 0 Å². The summed E-state index contributed by atoms with van der Waals surface area (Å²) in [5.74, 6) is -0.0775. The molecule has 0 spiro atoms. The van der Waals surface area contributed by atoms with Crippen LogP contribution < -0.4 is 0 Å². The van der Waals surface area contributed by atoms with Gasteiger partial charge in [-0.25, -0.2) is 0 Å². The lowest BCUT2D eigenvalue weighted by Gasteiger charge is -2.24. The number of rotatable bonds is 1. The van der Waals surface area contributed by atoms with Crippen LogP contribution in [0.5, 0.6) is 0 Å². The molecule has 16 heavy (non-hydrogen) atoms. The summed E-state index contributed by atoms with van der Waals surface area (Å²) >= 11 is 0. The van der Waals surface area contributed by atoms with Gasteiger partial charge in [0, 0.05) is 11.4 Å². The lowest BCUT2D eigenvalue weighted by Crippen LogP contribution is -2.24. The van der Waals surface area contributed by atoms with Crippen molar-refractivity contribution < 1.29 is 9.53 Å². The monoisotopic (exact) mass is 219 g/mol. The van der Waals surface area contributed by atoms with Crippen LogP contribution in [-0.2, 0) is 22.4 Å². The van der Waals surface area contributed by atoms with Crippen molar-refractivity contribution in [3.8, 4) is 0 Å². The van der Waals surface area contributed by atoms with Gasteiger partial charge < -0.3 is 4.74 Å². The van der Waals surface area contributed by atoms with Crippen LogP contribution in [0.2, 0.25) is 0 Å². The van der Waals surface area contributed by atoms with Crippen LogP contribution in [0.25, 0.3) is 0 Å². The molecule has 1 aliphatic carbocycles. The average Bonchev–Trinajstić information content (AvgIpc) is 2.27. The average molecular weight is 219 g/mol. The minimum absolute atomic E-state index is 0.0145. The number of hydrogen-bond donors (Lipinski definition) is 0. The number of carbonyl (C=O) groups is 1. The van der Waals surface area contributed by atoms with E-state index in [1.165, 1.54) is 18.2 Å². The van der Waals surface area contributed by atoms with Gasteiger partial charge in [0.2, 0.25) is 0 Å². The molecule has 3 nitrogen and oxygen atoms in total. The highest BCUT2D eigenvalue weighted by atomic mass is 16.5. The second kappa shape index (κ2) is 4.24. The predicted molar refractivity (Wildman–Crippen MR) is 61.2 cm³/mol. The maximum absolute atomic E-state index is 11.5. The first kappa shape index (κ1) is 11.1. The third-order valence-electron chi connectivity index (χ3n) is 3.30. The third-order valence-corrected chi connectivity index (χ3v) is 3.30. The number of aryl methyl sites for hydroxylation is 3. The Kier molecular flexibility index (Phi) is 2.95. The van der Waals surface area contributed by atoms with Crippen LogP contribution in [0.3, 0.4) is 0 Å². The number of esters is 1. The second-order valence-corrected chi connectivity index (χ2v) is 4.45. The van der Waals surface area contributed by atoms with Crippen molar-refractivity contribution in [2.45, 2.75) is 33.1 Å². The fourth-order valence-electron chi connectivity index (χ4n) is 2.48. The first-order valence-corrected chi connectivity index (χ1v) is 5.65. The molecule has 1 aromatic heterocycles. The van der Waals surface area contributed by atoms with Crippen molar-refractivity contribution >= 4 is 5.97 Å². The topological polar surface area (TPSA) is 39.2 Å². The number of hydrogen-bond acceptors (Lipinski definition) is 3. The molecule has 1 unspecified atom stereocenters. The van der Waals surface area contributed by atoms with Gasteiger partial charge in [-0.1, -0.05) is 0 Å². The van der Waals surface area contributed by atoms with Gasteiger partial charge in [-0.2, -0.15) is 0 Å². The van der Waals surface area contributed by atoms with Crippen LogP contribution in [0.15, 0.2) is 6.07 Å². The Hall–Kier alpha value is -1.38. The maximum Gasteiger partial charge on any atom is 0.309 e. The molecular weight excluding hydrogens is 202 g/mol. The van der Waals surface area contributed by atoms with Crippen molar-refractivity contribution in [1.29, 1.82) is 0 Å². The minimum Gasteiger partial charge on any atom is -0.469 e. The summed E-state index contributed by atoms with van der Waals surface area (Å²) in [6.07, 6.45) is 2.63. The number of ether oxygens (including phenoxy) is 1. The van der Waals surface area contributed by atoms with Crippen molar-refractivity contribution in [2.75, 3.05) is 7.11 Å². The number of carbonyl (C=O) groups excluding carboxylic acids is 1. The molecule has 0 fully saturated rings. The highest BCUT2D eigenvalue weighted by molar-refractivity contribution is 5.73. The maximum atomic E-state index is 11.5. The van der Waals surface area contributed by atoms with E-state index in [1.54, 1.807) is 0 Å². The molecule has 0 aliphatic heterocycles. The number of methoxy groups -OCH3 is 1. The van der Waals surface area contributed by atoms with Crippen molar-refractivity contribution in [2.24, 2.45) is 5.92 Å². The summed E-state index contributed by atoms with van der Waals surface area (Å²) in [5, 5.41) is 0. The van der Waals surface area contributed by atoms with Crippen LogP contribution in [0, 0.1) is 19.8 Å². The lowest BCUT2D eigenvalue weighted by atomic mass is 9.83. The highest BCUT2D eigenvalue weighted by Crippen LogP contribution is 2.28. The molecule has 1 aromatic rings. The minimum atomic E-state index is -0.0920. The van der Waals surface area contributed by atoms with Gasteiger partial charge in [0.1, 0.15) is 0 Å². The standard InChI is InChI=1S/C13H17NO2/c1-8-6-10-4-5-11(13(15)16-3)7-12(10)9(2)14-8/h6,11H,4-5,7H2,1-3H3. The molecule has 0 saturated carbocycles.